The molecule has 0 aromatic heterocycles. The third-order valence-electron chi connectivity index (χ3n) is 3.84. The zero-order valence-corrected chi connectivity index (χ0v) is 13.6. The van der Waals surface area contributed by atoms with Crippen molar-refractivity contribution in [2.75, 3.05) is 6.61 Å². The van der Waals surface area contributed by atoms with Crippen molar-refractivity contribution < 1.29 is 14.3 Å². The van der Waals surface area contributed by atoms with Gasteiger partial charge in [-0.2, -0.15) is 0 Å². The molecule has 0 spiro atoms. The van der Waals surface area contributed by atoms with E-state index in [1.165, 1.54) is 0 Å². The molecule has 2 rings (SSSR count). The number of esters is 1. The fraction of sp³-hybridized carbons (Fsp3) is 0.263. The molecule has 0 bridgehead atoms. The van der Waals surface area contributed by atoms with Crippen LogP contribution < -0.4 is 5.32 Å². The number of hydrogen-bond donors (Lipinski definition) is 1. The molecule has 0 aliphatic carbocycles. The summed E-state index contributed by atoms with van der Waals surface area (Å²) in [7, 11) is 0. The van der Waals surface area contributed by atoms with E-state index in [1.54, 1.807) is 12.1 Å². The van der Waals surface area contributed by atoms with Crippen LogP contribution in [0.2, 0.25) is 0 Å². The molecule has 2 aromatic carbocycles. The first kappa shape index (κ1) is 16.7. The smallest absolute Gasteiger partial charge is 0.338 e. The molecule has 0 heterocycles. The lowest BCUT2D eigenvalue weighted by Crippen LogP contribution is -2.31. The van der Waals surface area contributed by atoms with Crippen molar-refractivity contribution in [3.63, 3.8) is 0 Å². The SMILES string of the molecule is Cc1cccc(C(=O)OCC(=O)N[C@H](C)c2ccccc2)c1C. The number of carbonyl (C=O) groups is 2. The van der Waals surface area contributed by atoms with E-state index in [0.717, 1.165) is 16.7 Å². The van der Waals surface area contributed by atoms with Crippen LogP contribution in [0.1, 0.15) is 40.0 Å². The molecule has 0 radical (unpaired) electrons. The number of hydrogen-bond acceptors (Lipinski definition) is 3. The zero-order valence-electron chi connectivity index (χ0n) is 13.6. The van der Waals surface area contributed by atoms with Crippen molar-refractivity contribution >= 4 is 11.9 Å². The van der Waals surface area contributed by atoms with Gasteiger partial charge in [-0.25, -0.2) is 4.79 Å². The van der Waals surface area contributed by atoms with Gasteiger partial charge in [0.15, 0.2) is 6.61 Å². The van der Waals surface area contributed by atoms with Crippen molar-refractivity contribution in [3.8, 4) is 0 Å². The van der Waals surface area contributed by atoms with Gasteiger partial charge in [-0.05, 0) is 43.5 Å². The third-order valence-corrected chi connectivity index (χ3v) is 3.84. The number of nitrogens with one attached hydrogen (secondary N) is 1. The Hall–Kier alpha value is -2.62. The Kier molecular flexibility index (Phi) is 5.52. The Bertz CT molecular complexity index is 695. The first-order valence-corrected chi connectivity index (χ1v) is 7.56. The highest BCUT2D eigenvalue weighted by atomic mass is 16.5. The van der Waals surface area contributed by atoms with Crippen LogP contribution in [0.4, 0.5) is 0 Å². The lowest BCUT2D eigenvalue weighted by Gasteiger charge is -2.14. The van der Waals surface area contributed by atoms with Gasteiger partial charge in [0, 0.05) is 0 Å². The Morgan fingerprint density at radius 1 is 1.04 bits per heavy atom. The van der Waals surface area contributed by atoms with Crippen molar-refractivity contribution in [3.05, 3.63) is 70.8 Å². The van der Waals surface area contributed by atoms with Crippen LogP contribution in [0.25, 0.3) is 0 Å². The number of rotatable bonds is 5. The molecule has 0 aliphatic heterocycles. The van der Waals surface area contributed by atoms with E-state index in [9.17, 15) is 9.59 Å². The van der Waals surface area contributed by atoms with Gasteiger partial charge in [0.25, 0.3) is 5.91 Å². The van der Waals surface area contributed by atoms with E-state index in [4.69, 9.17) is 4.74 Å². The second kappa shape index (κ2) is 7.58. The van der Waals surface area contributed by atoms with Gasteiger partial charge in [0.2, 0.25) is 0 Å². The minimum atomic E-state index is -0.478. The number of carbonyl (C=O) groups excluding carboxylic acids is 2. The molecule has 1 amide bonds. The predicted octanol–water partition coefficient (Wildman–Crippen LogP) is 3.34. The second-order valence-electron chi connectivity index (χ2n) is 5.52. The van der Waals surface area contributed by atoms with E-state index >= 15 is 0 Å². The maximum absolute atomic E-state index is 12.1. The molecule has 2 aromatic rings. The van der Waals surface area contributed by atoms with Crippen LogP contribution in [-0.4, -0.2) is 18.5 Å². The summed E-state index contributed by atoms with van der Waals surface area (Å²) in [5.41, 5.74) is 3.38. The predicted molar refractivity (Wildman–Crippen MR) is 89.2 cm³/mol. The summed E-state index contributed by atoms with van der Waals surface area (Å²) < 4.78 is 5.11. The van der Waals surface area contributed by atoms with Gasteiger partial charge >= 0.3 is 5.97 Å². The standard InChI is InChI=1S/C19H21NO3/c1-13-8-7-11-17(14(13)2)19(22)23-12-18(21)20-15(3)16-9-5-4-6-10-16/h4-11,15H,12H2,1-3H3,(H,20,21)/t15-/m1/s1. The average Bonchev–Trinajstić information content (AvgIpc) is 2.56. The molecule has 0 saturated carbocycles. The Morgan fingerprint density at radius 3 is 2.43 bits per heavy atom. The summed E-state index contributed by atoms with van der Waals surface area (Å²) in [6.07, 6.45) is 0. The molecule has 4 heteroatoms. The quantitative estimate of drug-likeness (QED) is 0.862. The topological polar surface area (TPSA) is 55.4 Å². The van der Waals surface area contributed by atoms with Crippen molar-refractivity contribution in [2.45, 2.75) is 26.8 Å². The van der Waals surface area contributed by atoms with Gasteiger partial charge in [-0.1, -0.05) is 42.5 Å². The van der Waals surface area contributed by atoms with Crippen LogP contribution in [0, 0.1) is 13.8 Å². The van der Waals surface area contributed by atoms with Crippen LogP contribution in [0.15, 0.2) is 48.5 Å². The molecule has 0 saturated heterocycles. The van der Waals surface area contributed by atoms with Crippen LogP contribution in [0.5, 0.6) is 0 Å². The lowest BCUT2D eigenvalue weighted by molar-refractivity contribution is -0.124. The summed E-state index contributed by atoms with van der Waals surface area (Å²) in [4.78, 5) is 24.0. The Labute approximate surface area is 136 Å². The largest absolute Gasteiger partial charge is 0.452 e. The molecular weight excluding hydrogens is 290 g/mol. The van der Waals surface area contributed by atoms with Crippen molar-refractivity contribution in [1.29, 1.82) is 0 Å². The summed E-state index contributed by atoms with van der Waals surface area (Å²) >= 11 is 0. The van der Waals surface area contributed by atoms with Crippen LogP contribution >= 0.6 is 0 Å². The lowest BCUT2D eigenvalue weighted by atomic mass is 10.0. The summed E-state index contributed by atoms with van der Waals surface area (Å²) in [5, 5.41) is 2.81. The van der Waals surface area contributed by atoms with Crippen molar-refractivity contribution in [1.82, 2.24) is 5.32 Å². The maximum Gasteiger partial charge on any atom is 0.338 e. The minimum absolute atomic E-state index is 0.136. The highest BCUT2D eigenvalue weighted by Gasteiger charge is 2.15. The first-order valence-electron chi connectivity index (χ1n) is 7.56. The number of amides is 1. The fourth-order valence-corrected chi connectivity index (χ4v) is 2.29. The molecule has 4 nitrogen and oxygen atoms in total. The van der Waals surface area contributed by atoms with Gasteiger partial charge in [-0.15, -0.1) is 0 Å². The number of ether oxygens (including phenoxy) is 1. The molecule has 0 unspecified atom stereocenters. The molecule has 0 fully saturated rings. The van der Waals surface area contributed by atoms with Gasteiger partial charge in [-0.3, -0.25) is 4.79 Å². The molecule has 1 N–H and O–H groups in total. The molecule has 1 atom stereocenters. The van der Waals surface area contributed by atoms with Crippen LogP contribution in [0.3, 0.4) is 0 Å². The monoisotopic (exact) mass is 311 g/mol. The normalized spacial score (nSPS) is 11.6. The molecular formula is C19H21NO3. The summed E-state index contributed by atoms with van der Waals surface area (Å²) in [5.74, 6) is -0.797. The summed E-state index contributed by atoms with van der Waals surface area (Å²) in [6, 6.07) is 14.9. The van der Waals surface area contributed by atoms with E-state index in [-0.39, 0.29) is 18.6 Å². The van der Waals surface area contributed by atoms with E-state index in [0.29, 0.717) is 5.56 Å². The average molecular weight is 311 g/mol. The number of aryl methyl sites for hydroxylation is 1. The van der Waals surface area contributed by atoms with Crippen molar-refractivity contribution in [2.24, 2.45) is 0 Å². The molecule has 23 heavy (non-hydrogen) atoms. The number of benzene rings is 2. The maximum atomic E-state index is 12.1. The highest BCUT2D eigenvalue weighted by molar-refractivity contribution is 5.93. The first-order chi connectivity index (χ1) is 11.0. The third kappa shape index (κ3) is 4.42. The summed E-state index contributed by atoms with van der Waals surface area (Å²) in [6.45, 7) is 5.40. The Morgan fingerprint density at radius 2 is 1.74 bits per heavy atom. The van der Waals surface area contributed by atoms with E-state index < -0.39 is 5.97 Å². The fourth-order valence-electron chi connectivity index (χ4n) is 2.29. The van der Waals surface area contributed by atoms with Gasteiger partial charge < -0.3 is 10.1 Å². The van der Waals surface area contributed by atoms with Crippen LogP contribution in [-0.2, 0) is 9.53 Å². The second-order valence-corrected chi connectivity index (χ2v) is 5.52. The van der Waals surface area contributed by atoms with Gasteiger partial charge in [0.05, 0.1) is 11.6 Å². The zero-order chi connectivity index (χ0) is 16.8. The highest BCUT2D eigenvalue weighted by Crippen LogP contribution is 2.14. The molecule has 0 aliphatic rings. The van der Waals surface area contributed by atoms with E-state index in [1.807, 2.05) is 57.2 Å². The minimum Gasteiger partial charge on any atom is -0.452 e. The van der Waals surface area contributed by atoms with E-state index in [2.05, 4.69) is 5.32 Å². The van der Waals surface area contributed by atoms with Gasteiger partial charge in [0.1, 0.15) is 0 Å². The Balaban J connectivity index is 1.89. The molecule has 120 valence electrons.